The SMILES string of the molecule is CCC1=CC(C)(C)CC(CC)=C1. The van der Waals surface area contributed by atoms with Crippen LogP contribution >= 0.6 is 0 Å². The van der Waals surface area contributed by atoms with Crippen molar-refractivity contribution < 1.29 is 0 Å². The van der Waals surface area contributed by atoms with E-state index in [4.69, 9.17) is 0 Å². The molecule has 0 N–H and O–H groups in total. The average Bonchev–Trinajstić information content (AvgIpc) is 2.01. The molecule has 1 aliphatic rings. The van der Waals surface area contributed by atoms with Gasteiger partial charge in [0.15, 0.2) is 0 Å². The molecule has 0 heterocycles. The van der Waals surface area contributed by atoms with Crippen molar-refractivity contribution in [1.82, 2.24) is 0 Å². The van der Waals surface area contributed by atoms with Crippen molar-refractivity contribution in [2.24, 2.45) is 5.41 Å². The Hall–Kier alpha value is -0.520. The molecule has 0 amide bonds. The van der Waals surface area contributed by atoms with Crippen LogP contribution in [-0.2, 0) is 0 Å². The van der Waals surface area contributed by atoms with Gasteiger partial charge in [-0.15, -0.1) is 0 Å². The third kappa shape index (κ3) is 2.23. The fourth-order valence-electron chi connectivity index (χ4n) is 1.92. The fraction of sp³-hybridized carbons (Fsp3) is 0.667. The molecule has 0 spiro atoms. The molecule has 1 rings (SSSR count). The molecule has 0 fully saturated rings. The number of hydrogen-bond acceptors (Lipinski definition) is 0. The molecule has 0 nitrogen and oxygen atoms in total. The second-order valence-electron chi connectivity index (χ2n) is 4.39. The van der Waals surface area contributed by atoms with Gasteiger partial charge in [-0.2, -0.15) is 0 Å². The van der Waals surface area contributed by atoms with Crippen LogP contribution in [0.3, 0.4) is 0 Å². The molecule has 0 aromatic rings. The van der Waals surface area contributed by atoms with Gasteiger partial charge >= 0.3 is 0 Å². The van der Waals surface area contributed by atoms with Crippen molar-refractivity contribution in [3.05, 3.63) is 23.3 Å². The summed E-state index contributed by atoms with van der Waals surface area (Å²) in [6.07, 6.45) is 8.43. The molecule has 0 aromatic carbocycles. The standard InChI is InChI=1S/C12H20/c1-5-10-7-11(6-2)9-12(3,4)8-10/h7-8H,5-6,9H2,1-4H3. The van der Waals surface area contributed by atoms with Gasteiger partial charge in [-0.1, -0.05) is 51.0 Å². The van der Waals surface area contributed by atoms with Gasteiger partial charge in [0, 0.05) is 0 Å². The number of rotatable bonds is 2. The van der Waals surface area contributed by atoms with Crippen LogP contribution in [0, 0.1) is 5.41 Å². The van der Waals surface area contributed by atoms with E-state index in [0.717, 1.165) is 0 Å². The first-order chi connectivity index (χ1) is 5.57. The highest BCUT2D eigenvalue weighted by Crippen LogP contribution is 2.35. The van der Waals surface area contributed by atoms with Crippen molar-refractivity contribution in [1.29, 1.82) is 0 Å². The minimum atomic E-state index is 0.394. The van der Waals surface area contributed by atoms with Crippen LogP contribution in [-0.4, -0.2) is 0 Å². The predicted octanol–water partition coefficient (Wildman–Crippen LogP) is 4.09. The van der Waals surface area contributed by atoms with Crippen molar-refractivity contribution in [2.45, 2.75) is 47.0 Å². The van der Waals surface area contributed by atoms with Gasteiger partial charge in [-0.25, -0.2) is 0 Å². The quantitative estimate of drug-likeness (QED) is 0.576. The van der Waals surface area contributed by atoms with Gasteiger partial charge in [0.05, 0.1) is 0 Å². The molecule has 1 aliphatic carbocycles. The van der Waals surface area contributed by atoms with E-state index in [9.17, 15) is 0 Å². The largest absolute Gasteiger partial charge is 0.0753 e. The topological polar surface area (TPSA) is 0 Å². The Morgan fingerprint density at radius 2 is 1.92 bits per heavy atom. The maximum Gasteiger partial charge on any atom is -0.0132 e. The first kappa shape index (κ1) is 9.57. The maximum atomic E-state index is 2.42. The van der Waals surface area contributed by atoms with Crippen LogP contribution in [0.2, 0.25) is 0 Å². The summed E-state index contributed by atoms with van der Waals surface area (Å²) in [4.78, 5) is 0. The summed E-state index contributed by atoms with van der Waals surface area (Å²) in [6, 6.07) is 0. The zero-order chi connectivity index (χ0) is 9.19. The van der Waals surface area contributed by atoms with Crippen LogP contribution in [0.25, 0.3) is 0 Å². The summed E-state index contributed by atoms with van der Waals surface area (Å²) < 4.78 is 0. The lowest BCUT2D eigenvalue weighted by molar-refractivity contribution is 0.459. The van der Waals surface area contributed by atoms with Crippen molar-refractivity contribution >= 4 is 0 Å². The molecule has 0 aromatic heterocycles. The first-order valence-electron chi connectivity index (χ1n) is 4.98. The Morgan fingerprint density at radius 3 is 2.42 bits per heavy atom. The molecular weight excluding hydrogens is 144 g/mol. The fourth-order valence-corrected chi connectivity index (χ4v) is 1.92. The Kier molecular flexibility index (Phi) is 2.76. The molecule has 0 atom stereocenters. The summed E-state index contributed by atoms with van der Waals surface area (Å²) in [5.74, 6) is 0. The van der Waals surface area contributed by atoms with Crippen molar-refractivity contribution in [3.8, 4) is 0 Å². The second-order valence-corrected chi connectivity index (χ2v) is 4.39. The molecule has 68 valence electrons. The first-order valence-corrected chi connectivity index (χ1v) is 4.98. The van der Waals surface area contributed by atoms with Crippen LogP contribution in [0.15, 0.2) is 23.3 Å². The third-order valence-electron chi connectivity index (χ3n) is 2.51. The van der Waals surface area contributed by atoms with Crippen LogP contribution in [0.5, 0.6) is 0 Å². The Labute approximate surface area is 76.4 Å². The lowest BCUT2D eigenvalue weighted by atomic mass is 9.78. The molecule has 12 heavy (non-hydrogen) atoms. The van der Waals surface area contributed by atoms with E-state index >= 15 is 0 Å². The van der Waals surface area contributed by atoms with Crippen molar-refractivity contribution in [3.63, 3.8) is 0 Å². The molecule has 0 bridgehead atoms. The Balaban J connectivity index is 2.86. The van der Waals surface area contributed by atoms with Gasteiger partial charge in [0.1, 0.15) is 0 Å². The molecular formula is C12H20. The average molecular weight is 164 g/mol. The highest BCUT2D eigenvalue weighted by Gasteiger charge is 2.20. The molecule has 0 aliphatic heterocycles. The second kappa shape index (κ2) is 3.47. The van der Waals surface area contributed by atoms with E-state index in [1.807, 2.05) is 0 Å². The lowest BCUT2D eigenvalue weighted by Crippen LogP contribution is -2.13. The minimum absolute atomic E-state index is 0.394. The minimum Gasteiger partial charge on any atom is -0.0753 e. The normalized spacial score (nSPS) is 21.7. The molecule has 0 saturated heterocycles. The van der Waals surface area contributed by atoms with Crippen LogP contribution in [0.4, 0.5) is 0 Å². The third-order valence-corrected chi connectivity index (χ3v) is 2.51. The molecule has 0 unspecified atom stereocenters. The zero-order valence-electron chi connectivity index (χ0n) is 8.78. The smallest absolute Gasteiger partial charge is 0.0132 e. The van der Waals surface area contributed by atoms with Gasteiger partial charge in [-0.3, -0.25) is 0 Å². The van der Waals surface area contributed by atoms with Crippen molar-refractivity contribution in [2.75, 3.05) is 0 Å². The van der Waals surface area contributed by atoms with E-state index in [2.05, 4.69) is 39.8 Å². The Bertz CT molecular complexity index is 216. The van der Waals surface area contributed by atoms with E-state index in [1.165, 1.54) is 24.8 Å². The Morgan fingerprint density at radius 1 is 1.25 bits per heavy atom. The van der Waals surface area contributed by atoms with E-state index in [0.29, 0.717) is 5.41 Å². The highest BCUT2D eigenvalue weighted by atomic mass is 14.2. The summed E-state index contributed by atoms with van der Waals surface area (Å²) in [5, 5.41) is 0. The van der Waals surface area contributed by atoms with Crippen LogP contribution < -0.4 is 0 Å². The highest BCUT2D eigenvalue weighted by molar-refractivity contribution is 5.31. The van der Waals surface area contributed by atoms with Gasteiger partial charge in [0.25, 0.3) is 0 Å². The number of allylic oxidation sites excluding steroid dienone is 4. The summed E-state index contributed by atoms with van der Waals surface area (Å²) >= 11 is 0. The summed E-state index contributed by atoms with van der Waals surface area (Å²) in [5.41, 5.74) is 3.52. The summed E-state index contributed by atoms with van der Waals surface area (Å²) in [6.45, 7) is 9.13. The van der Waals surface area contributed by atoms with Gasteiger partial charge in [-0.05, 0) is 24.7 Å². The molecule has 0 saturated carbocycles. The zero-order valence-corrected chi connectivity index (χ0v) is 8.78. The van der Waals surface area contributed by atoms with E-state index < -0.39 is 0 Å². The van der Waals surface area contributed by atoms with Gasteiger partial charge in [0.2, 0.25) is 0 Å². The molecule has 0 radical (unpaired) electrons. The number of hydrogen-bond donors (Lipinski definition) is 0. The van der Waals surface area contributed by atoms with Gasteiger partial charge < -0.3 is 0 Å². The predicted molar refractivity (Wildman–Crippen MR) is 55.1 cm³/mol. The van der Waals surface area contributed by atoms with E-state index in [-0.39, 0.29) is 0 Å². The van der Waals surface area contributed by atoms with Crippen LogP contribution in [0.1, 0.15) is 47.0 Å². The van der Waals surface area contributed by atoms with E-state index in [1.54, 1.807) is 5.57 Å². The summed E-state index contributed by atoms with van der Waals surface area (Å²) in [7, 11) is 0. The molecule has 0 heteroatoms. The lowest BCUT2D eigenvalue weighted by Gasteiger charge is -2.27. The monoisotopic (exact) mass is 164 g/mol. The maximum absolute atomic E-state index is 2.42.